The number of nitrogens with zero attached hydrogens (tertiary/aromatic N) is 1. The predicted octanol–water partition coefficient (Wildman–Crippen LogP) is -2.15. The van der Waals surface area contributed by atoms with Gasteiger partial charge >= 0.3 is 10.0 Å². The SMILES string of the molecule is Cc1ccc(S(=O)(=O)[n+]2cc[nH]c2)cc1.[Cl-]. The van der Waals surface area contributed by atoms with Crippen molar-refractivity contribution in [3.05, 3.63) is 48.5 Å². The summed E-state index contributed by atoms with van der Waals surface area (Å²) in [6, 6.07) is 6.76. The highest BCUT2D eigenvalue weighted by molar-refractivity contribution is 7.85. The summed E-state index contributed by atoms with van der Waals surface area (Å²) < 4.78 is 25.0. The lowest BCUT2D eigenvalue weighted by molar-refractivity contribution is -0.509. The van der Waals surface area contributed by atoms with E-state index in [0.717, 1.165) is 9.54 Å². The second-order valence-corrected chi connectivity index (χ2v) is 5.10. The van der Waals surface area contributed by atoms with E-state index >= 15 is 0 Å². The van der Waals surface area contributed by atoms with Crippen LogP contribution in [-0.2, 0) is 10.0 Å². The van der Waals surface area contributed by atoms with Crippen molar-refractivity contribution < 1.29 is 24.8 Å². The predicted molar refractivity (Wildman–Crippen MR) is 54.8 cm³/mol. The van der Waals surface area contributed by atoms with Crippen LogP contribution in [0.25, 0.3) is 0 Å². The largest absolute Gasteiger partial charge is 1.00 e. The molecule has 0 aliphatic carbocycles. The monoisotopic (exact) mass is 258 g/mol. The fraction of sp³-hybridized carbons (Fsp3) is 0.100. The molecule has 6 heteroatoms. The third kappa shape index (κ3) is 2.25. The Morgan fingerprint density at radius 2 is 1.81 bits per heavy atom. The summed E-state index contributed by atoms with van der Waals surface area (Å²) in [7, 11) is -3.43. The number of aryl methyl sites for hydroxylation is 1. The summed E-state index contributed by atoms with van der Waals surface area (Å²) in [5.74, 6) is 0. The summed E-state index contributed by atoms with van der Waals surface area (Å²) in [5.41, 5.74) is 1.04. The average Bonchev–Trinajstić information content (AvgIpc) is 2.71. The molecule has 0 unspecified atom stereocenters. The molecule has 0 fully saturated rings. The standard InChI is InChI=1S/C10H10N2O2S.ClH/c1-9-2-4-10(5-3-9)15(13,14)12-7-6-11-8-12;/h2-8H,1H3;1H. The van der Waals surface area contributed by atoms with Gasteiger partial charge in [0.15, 0.2) is 0 Å². The number of hydrogen-bond acceptors (Lipinski definition) is 2. The van der Waals surface area contributed by atoms with Gasteiger partial charge in [-0.1, -0.05) is 17.7 Å². The first-order valence-electron chi connectivity index (χ1n) is 4.47. The zero-order valence-electron chi connectivity index (χ0n) is 8.59. The van der Waals surface area contributed by atoms with Crippen LogP contribution in [0.3, 0.4) is 0 Å². The molecule has 2 aromatic rings. The first-order valence-corrected chi connectivity index (χ1v) is 5.91. The molecular weight excluding hydrogens is 248 g/mol. The number of H-pyrrole nitrogens is 1. The van der Waals surface area contributed by atoms with E-state index in [1.165, 1.54) is 12.5 Å². The Morgan fingerprint density at radius 3 is 2.31 bits per heavy atom. The van der Waals surface area contributed by atoms with Crippen LogP contribution in [0.1, 0.15) is 5.56 Å². The number of rotatable bonds is 2. The van der Waals surface area contributed by atoms with E-state index < -0.39 is 10.0 Å². The Labute approximate surface area is 100 Å². The molecule has 4 nitrogen and oxygen atoms in total. The minimum Gasteiger partial charge on any atom is -1.00 e. The van der Waals surface area contributed by atoms with Crippen molar-refractivity contribution in [2.24, 2.45) is 0 Å². The van der Waals surface area contributed by atoms with Crippen LogP contribution >= 0.6 is 0 Å². The topological polar surface area (TPSA) is 53.8 Å². The van der Waals surface area contributed by atoms with E-state index in [4.69, 9.17) is 0 Å². The Hall–Kier alpha value is -1.33. The van der Waals surface area contributed by atoms with Crippen LogP contribution in [0.15, 0.2) is 47.9 Å². The molecule has 86 valence electrons. The van der Waals surface area contributed by atoms with Gasteiger partial charge in [0.05, 0.1) is 0 Å². The molecule has 0 saturated carbocycles. The molecule has 0 radical (unpaired) electrons. The number of imidazole rings is 1. The van der Waals surface area contributed by atoms with E-state index in [0.29, 0.717) is 0 Å². The maximum absolute atomic E-state index is 11.9. The number of aromatic amines is 1. The highest BCUT2D eigenvalue weighted by Crippen LogP contribution is 2.09. The quantitative estimate of drug-likeness (QED) is 0.625. The van der Waals surface area contributed by atoms with Gasteiger partial charge in [-0.05, 0) is 19.1 Å². The lowest BCUT2D eigenvalue weighted by atomic mass is 10.2. The van der Waals surface area contributed by atoms with Crippen LogP contribution in [0.2, 0.25) is 0 Å². The molecule has 2 rings (SSSR count). The molecule has 1 N–H and O–H groups in total. The minimum absolute atomic E-state index is 0. The second-order valence-electron chi connectivity index (χ2n) is 3.26. The molecule has 0 spiro atoms. The van der Waals surface area contributed by atoms with E-state index in [2.05, 4.69) is 4.98 Å². The van der Waals surface area contributed by atoms with Crippen LogP contribution < -0.4 is 16.4 Å². The third-order valence-electron chi connectivity index (χ3n) is 2.12. The van der Waals surface area contributed by atoms with Crippen molar-refractivity contribution in [3.8, 4) is 0 Å². The molecule has 0 amide bonds. The van der Waals surface area contributed by atoms with Gasteiger partial charge in [0.2, 0.25) is 0 Å². The minimum atomic E-state index is -3.43. The van der Waals surface area contributed by atoms with Gasteiger partial charge in [-0.15, -0.1) is 3.97 Å². The van der Waals surface area contributed by atoms with Gasteiger partial charge in [0.1, 0.15) is 17.3 Å². The number of nitrogens with one attached hydrogen (secondary N) is 1. The fourth-order valence-electron chi connectivity index (χ4n) is 1.26. The van der Waals surface area contributed by atoms with E-state index in [1.807, 2.05) is 6.92 Å². The van der Waals surface area contributed by atoms with Crippen molar-refractivity contribution in [2.75, 3.05) is 0 Å². The zero-order valence-corrected chi connectivity index (χ0v) is 10.2. The average molecular weight is 259 g/mol. The Balaban J connectivity index is 0.00000128. The first-order chi connectivity index (χ1) is 7.10. The van der Waals surface area contributed by atoms with Gasteiger partial charge in [0.25, 0.3) is 6.33 Å². The van der Waals surface area contributed by atoms with E-state index in [1.54, 1.807) is 30.5 Å². The number of halogens is 1. The maximum Gasteiger partial charge on any atom is 0.335 e. The third-order valence-corrected chi connectivity index (χ3v) is 3.77. The Bertz CT molecular complexity index is 547. The zero-order chi connectivity index (χ0) is 10.9. The van der Waals surface area contributed by atoms with Crippen molar-refractivity contribution in [1.82, 2.24) is 4.98 Å². The van der Waals surface area contributed by atoms with Crippen molar-refractivity contribution in [2.45, 2.75) is 11.8 Å². The molecule has 16 heavy (non-hydrogen) atoms. The maximum atomic E-state index is 11.9. The first kappa shape index (κ1) is 12.7. The van der Waals surface area contributed by atoms with Crippen LogP contribution in [0.4, 0.5) is 0 Å². The summed E-state index contributed by atoms with van der Waals surface area (Å²) >= 11 is 0. The van der Waals surface area contributed by atoms with E-state index in [-0.39, 0.29) is 17.3 Å². The molecule has 0 atom stereocenters. The summed E-state index contributed by atoms with van der Waals surface area (Å²) in [5, 5.41) is 0. The molecule has 1 aromatic heterocycles. The lowest BCUT2D eigenvalue weighted by Gasteiger charge is -1.99. The molecule has 0 aliphatic heterocycles. The van der Waals surface area contributed by atoms with Gasteiger partial charge in [-0.3, -0.25) is 0 Å². The highest BCUT2D eigenvalue weighted by Gasteiger charge is 2.20. The Morgan fingerprint density at radius 1 is 1.19 bits per heavy atom. The number of benzene rings is 1. The summed E-state index contributed by atoms with van der Waals surface area (Å²) in [6.45, 7) is 1.92. The molecule has 0 saturated heterocycles. The van der Waals surface area contributed by atoms with Crippen molar-refractivity contribution >= 4 is 10.0 Å². The number of aromatic nitrogens is 2. The van der Waals surface area contributed by atoms with Crippen molar-refractivity contribution in [1.29, 1.82) is 0 Å². The molecular formula is C10H11ClN2O2S. The van der Waals surface area contributed by atoms with Gasteiger partial charge in [0, 0.05) is 0 Å². The second kappa shape index (κ2) is 4.67. The van der Waals surface area contributed by atoms with Crippen LogP contribution in [0.5, 0.6) is 0 Å². The van der Waals surface area contributed by atoms with Crippen LogP contribution in [0, 0.1) is 6.92 Å². The van der Waals surface area contributed by atoms with Crippen molar-refractivity contribution in [3.63, 3.8) is 0 Å². The summed E-state index contributed by atoms with van der Waals surface area (Å²) in [6.07, 6.45) is 4.43. The van der Waals surface area contributed by atoms with E-state index in [9.17, 15) is 8.42 Å². The molecule has 0 bridgehead atoms. The van der Waals surface area contributed by atoms with Gasteiger partial charge < -0.3 is 12.4 Å². The smallest absolute Gasteiger partial charge is 0.335 e. The number of hydrogen-bond donors (Lipinski definition) is 1. The normalized spacial score (nSPS) is 10.8. The molecule has 0 aliphatic rings. The Kier molecular flexibility index (Phi) is 3.72. The molecule has 1 heterocycles. The fourth-order valence-corrected chi connectivity index (χ4v) is 2.40. The highest BCUT2D eigenvalue weighted by atomic mass is 35.5. The molecule has 1 aromatic carbocycles. The van der Waals surface area contributed by atoms with Crippen LogP contribution in [-0.4, -0.2) is 13.4 Å². The van der Waals surface area contributed by atoms with Gasteiger partial charge in [-0.25, -0.2) is 4.98 Å². The lowest BCUT2D eigenvalue weighted by Crippen LogP contribution is -3.00. The van der Waals surface area contributed by atoms with Gasteiger partial charge in [-0.2, -0.15) is 8.42 Å². The summed E-state index contributed by atoms with van der Waals surface area (Å²) in [4.78, 5) is 2.99.